The minimum Gasteiger partial charge on any atom is -0.490 e. The summed E-state index contributed by atoms with van der Waals surface area (Å²) < 4.78 is 41.9. The molecule has 0 radical (unpaired) electrons. The molecule has 2 bridgehead atoms. The van der Waals surface area contributed by atoms with Gasteiger partial charge in [-0.15, -0.1) is 0 Å². The first kappa shape index (κ1) is 31.4. The number of nitrogens with zero attached hydrogens (tertiary/aromatic N) is 2. The number of fused-ring (bicyclic) bond motifs is 4. The van der Waals surface area contributed by atoms with E-state index in [0.29, 0.717) is 38.3 Å². The van der Waals surface area contributed by atoms with Crippen LogP contribution in [-0.4, -0.2) is 76.3 Å². The second kappa shape index (κ2) is 13.0. The molecule has 6 rings (SSSR count). The van der Waals surface area contributed by atoms with Crippen molar-refractivity contribution in [1.82, 2.24) is 9.03 Å². The minimum absolute atomic E-state index is 0.121. The van der Waals surface area contributed by atoms with E-state index in [1.807, 2.05) is 18.2 Å². The molecule has 11 heteroatoms. The van der Waals surface area contributed by atoms with Crippen molar-refractivity contribution in [2.75, 3.05) is 51.4 Å². The number of carbonyl (C=O) groups excluding carboxylic acids is 1. The molecule has 0 unspecified atom stereocenters. The molecule has 1 amide bonds. The molecule has 2 aromatic carbocycles. The molecular formula is C33H42ClN3O6S. The maximum atomic E-state index is 13.5. The fourth-order valence-electron chi connectivity index (χ4n) is 7.36. The zero-order chi connectivity index (χ0) is 30.9. The van der Waals surface area contributed by atoms with Crippen LogP contribution in [0, 0.1) is 11.8 Å². The van der Waals surface area contributed by atoms with Crippen LogP contribution in [0.25, 0.3) is 0 Å². The zero-order valence-electron chi connectivity index (χ0n) is 25.2. The molecule has 4 atom stereocenters. The molecule has 1 fully saturated rings. The Morgan fingerprint density at radius 1 is 1.18 bits per heavy atom. The van der Waals surface area contributed by atoms with E-state index in [-0.39, 0.29) is 42.5 Å². The molecule has 0 saturated heterocycles. The predicted octanol–water partition coefficient (Wildman–Crippen LogP) is 4.47. The van der Waals surface area contributed by atoms with Crippen molar-refractivity contribution in [3.05, 3.63) is 70.3 Å². The average Bonchev–Trinajstić information content (AvgIpc) is 3.12. The van der Waals surface area contributed by atoms with Gasteiger partial charge < -0.3 is 19.5 Å². The molecule has 0 aromatic heterocycles. The third-order valence-electron chi connectivity index (χ3n) is 9.89. The molecule has 2 heterocycles. The van der Waals surface area contributed by atoms with Crippen molar-refractivity contribution in [3.8, 4) is 5.75 Å². The average molecular weight is 644 g/mol. The Bertz CT molecular complexity index is 1520. The Kier molecular flexibility index (Phi) is 9.27. The maximum Gasteiger partial charge on any atom is 0.304 e. The van der Waals surface area contributed by atoms with Gasteiger partial charge >= 0.3 is 10.2 Å². The summed E-state index contributed by atoms with van der Waals surface area (Å²) in [4.78, 5) is 15.8. The number of carbonyl (C=O) groups is 1. The smallest absolute Gasteiger partial charge is 0.304 e. The van der Waals surface area contributed by atoms with Gasteiger partial charge in [0, 0.05) is 49.3 Å². The van der Waals surface area contributed by atoms with Gasteiger partial charge in [0.05, 0.1) is 25.0 Å². The number of benzene rings is 2. The molecule has 238 valence electrons. The third kappa shape index (κ3) is 6.37. The van der Waals surface area contributed by atoms with Crippen LogP contribution in [0.1, 0.15) is 60.0 Å². The first-order valence-electron chi connectivity index (χ1n) is 15.7. The fraction of sp³-hybridized carbons (Fsp3) is 0.545. The van der Waals surface area contributed by atoms with Crippen molar-refractivity contribution in [3.63, 3.8) is 0 Å². The highest BCUT2D eigenvalue weighted by Crippen LogP contribution is 2.46. The van der Waals surface area contributed by atoms with Crippen molar-refractivity contribution >= 4 is 33.4 Å². The monoisotopic (exact) mass is 643 g/mol. The van der Waals surface area contributed by atoms with E-state index in [4.69, 9.17) is 21.1 Å². The lowest BCUT2D eigenvalue weighted by Crippen LogP contribution is -2.49. The van der Waals surface area contributed by atoms with Gasteiger partial charge in [0.1, 0.15) is 5.75 Å². The topological polar surface area (TPSA) is 108 Å². The molecule has 2 aliphatic carbocycles. The summed E-state index contributed by atoms with van der Waals surface area (Å²) in [6, 6.07) is 11.3. The van der Waals surface area contributed by atoms with E-state index in [9.17, 15) is 18.3 Å². The van der Waals surface area contributed by atoms with E-state index >= 15 is 0 Å². The quantitative estimate of drug-likeness (QED) is 0.475. The standard InChI is InChI=1S/C33H42ClN3O6S/c1-42-17-16-37-15-4-2-3-7-30(38)27-11-8-25(27)20-36-21-33(14-5-6-23-18-26(34)10-12-28(23)33)22-43-31-13-9-24(19-29(31)36)32(39)35-44(37,40)41/h3,7,9-10,12-13,18-19,25,27,30,38H,2,4-6,8,11,14-17,20-22H2,1H3,(H,35,39)/b7-3+/t25-,27+,30-,33-/m0/s1. The lowest BCUT2D eigenvalue weighted by atomic mass is 9.68. The number of anilines is 1. The summed E-state index contributed by atoms with van der Waals surface area (Å²) in [6.07, 6.45) is 9.30. The third-order valence-corrected chi connectivity index (χ3v) is 11.6. The van der Waals surface area contributed by atoms with E-state index in [1.54, 1.807) is 18.2 Å². The molecule has 44 heavy (non-hydrogen) atoms. The number of ether oxygens (including phenoxy) is 2. The van der Waals surface area contributed by atoms with Crippen LogP contribution in [0.5, 0.6) is 5.75 Å². The van der Waals surface area contributed by atoms with E-state index < -0.39 is 22.2 Å². The van der Waals surface area contributed by atoms with Gasteiger partial charge in [-0.2, -0.15) is 12.7 Å². The first-order chi connectivity index (χ1) is 21.2. The first-order valence-corrected chi connectivity index (χ1v) is 17.5. The van der Waals surface area contributed by atoms with Crippen LogP contribution in [0.15, 0.2) is 48.6 Å². The van der Waals surface area contributed by atoms with Crippen LogP contribution in [0.2, 0.25) is 5.02 Å². The van der Waals surface area contributed by atoms with E-state index in [0.717, 1.165) is 42.8 Å². The number of aliphatic hydroxyl groups excluding tert-OH is 1. The SMILES string of the molecule is COCCN1CCC/C=C/[C@H](O)[C@@H]2CC[C@H]2CN2C[C@@]3(CCCc4cc(Cl)ccc43)COc3ccc(cc32)C(=O)NS1(=O)=O. The lowest BCUT2D eigenvalue weighted by Gasteiger charge is -2.45. The van der Waals surface area contributed by atoms with Crippen molar-refractivity contribution < 1.29 is 27.8 Å². The van der Waals surface area contributed by atoms with Crippen LogP contribution in [-0.2, 0) is 26.8 Å². The summed E-state index contributed by atoms with van der Waals surface area (Å²) in [5.41, 5.74) is 3.23. The summed E-state index contributed by atoms with van der Waals surface area (Å²) in [7, 11) is -2.61. The largest absolute Gasteiger partial charge is 0.490 e. The van der Waals surface area contributed by atoms with Crippen LogP contribution >= 0.6 is 11.6 Å². The summed E-state index contributed by atoms with van der Waals surface area (Å²) in [5, 5.41) is 11.9. The predicted molar refractivity (Wildman–Crippen MR) is 171 cm³/mol. The van der Waals surface area contributed by atoms with E-state index in [2.05, 4.69) is 21.8 Å². The minimum atomic E-state index is -4.12. The van der Waals surface area contributed by atoms with Crippen molar-refractivity contribution in [2.24, 2.45) is 11.8 Å². The molecule has 9 nitrogen and oxygen atoms in total. The molecule has 2 N–H and O–H groups in total. The van der Waals surface area contributed by atoms with Crippen molar-refractivity contribution in [2.45, 2.75) is 56.5 Å². The van der Waals surface area contributed by atoms with Gasteiger partial charge in [0.2, 0.25) is 0 Å². The normalized spacial score (nSPS) is 29.7. The van der Waals surface area contributed by atoms with E-state index in [1.165, 1.54) is 22.5 Å². The number of amides is 1. The highest BCUT2D eigenvalue weighted by Gasteiger charge is 2.44. The van der Waals surface area contributed by atoms with Gasteiger partial charge in [-0.1, -0.05) is 29.8 Å². The highest BCUT2D eigenvalue weighted by atomic mass is 35.5. The Labute approximate surface area is 265 Å². The summed E-state index contributed by atoms with van der Waals surface area (Å²) in [6.45, 7) is 2.41. The molecule has 1 saturated carbocycles. The van der Waals surface area contributed by atoms with Crippen LogP contribution < -0.4 is 14.4 Å². The van der Waals surface area contributed by atoms with Gasteiger partial charge in [-0.05, 0) is 98.2 Å². The number of rotatable bonds is 3. The highest BCUT2D eigenvalue weighted by molar-refractivity contribution is 7.87. The number of hydrogen-bond donors (Lipinski definition) is 2. The summed E-state index contributed by atoms with van der Waals surface area (Å²) in [5.74, 6) is 0.378. The van der Waals surface area contributed by atoms with Gasteiger partial charge in [-0.3, -0.25) is 4.79 Å². The number of methoxy groups -OCH3 is 1. The lowest BCUT2D eigenvalue weighted by molar-refractivity contribution is 0.0456. The zero-order valence-corrected chi connectivity index (χ0v) is 26.8. The maximum absolute atomic E-state index is 13.5. The Balaban J connectivity index is 1.39. The fourth-order valence-corrected chi connectivity index (χ4v) is 8.72. The number of aliphatic hydroxyl groups is 1. The molecular weight excluding hydrogens is 602 g/mol. The van der Waals surface area contributed by atoms with Crippen molar-refractivity contribution in [1.29, 1.82) is 0 Å². The number of halogens is 1. The molecule has 2 aromatic rings. The summed E-state index contributed by atoms with van der Waals surface area (Å²) >= 11 is 6.40. The molecule has 1 spiro atoms. The number of allylic oxidation sites excluding steroid dienone is 1. The van der Waals surface area contributed by atoms with Crippen LogP contribution in [0.4, 0.5) is 5.69 Å². The van der Waals surface area contributed by atoms with Gasteiger partial charge in [0.25, 0.3) is 5.91 Å². The number of aryl methyl sites for hydroxylation is 1. The molecule has 2 aliphatic heterocycles. The van der Waals surface area contributed by atoms with Crippen LogP contribution in [0.3, 0.4) is 0 Å². The Morgan fingerprint density at radius 2 is 2.05 bits per heavy atom. The molecule has 4 aliphatic rings. The second-order valence-corrected chi connectivity index (χ2v) is 14.8. The number of nitrogens with one attached hydrogen (secondary N) is 1. The second-order valence-electron chi connectivity index (χ2n) is 12.7. The Hall–Kier alpha value is -2.63. The van der Waals surface area contributed by atoms with Gasteiger partial charge in [-0.25, -0.2) is 4.72 Å². The van der Waals surface area contributed by atoms with Gasteiger partial charge in [0.15, 0.2) is 0 Å². The number of hydrogen-bond acceptors (Lipinski definition) is 7. The Morgan fingerprint density at radius 3 is 2.84 bits per heavy atom.